The van der Waals surface area contributed by atoms with Gasteiger partial charge in [0.2, 0.25) is 0 Å². The summed E-state index contributed by atoms with van der Waals surface area (Å²) in [5.41, 5.74) is 7.50. The van der Waals surface area contributed by atoms with Crippen LogP contribution in [0.5, 0.6) is 0 Å². The highest BCUT2D eigenvalue weighted by Gasteiger charge is 1.99. The Bertz CT molecular complexity index is 331. The number of nitrogens with zero attached hydrogens (tertiary/aromatic N) is 2. The zero-order chi connectivity index (χ0) is 10.6. The molecular formula is C10H16N4. The molecule has 4 nitrogen and oxygen atoms in total. The lowest BCUT2D eigenvalue weighted by Crippen LogP contribution is -2.24. The number of aliphatic imine (C=N–C) groups is 1. The Balaban J connectivity index is 2.74. The summed E-state index contributed by atoms with van der Waals surface area (Å²) in [5, 5.41) is 3.01. The summed E-state index contributed by atoms with van der Waals surface area (Å²) in [5.74, 6) is 0.427. The maximum Gasteiger partial charge on any atom is 0.193 e. The molecule has 0 radical (unpaired) electrons. The van der Waals surface area contributed by atoms with Crippen LogP contribution in [0.3, 0.4) is 0 Å². The number of aryl methyl sites for hydroxylation is 1. The van der Waals surface area contributed by atoms with Crippen molar-refractivity contribution in [2.45, 2.75) is 26.8 Å². The summed E-state index contributed by atoms with van der Waals surface area (Å²) in [6.45, 7) is 5.88. The van der Waals surface area contributed by atoms with E-state index in [2.05, 4.69) is 15.3 Å². The predicted octanol–water partition coefficient (Wildman–Crippen LogP) is 1.53. The topological polar surface area (TPSA) is 63.3 Å². The van der Waals surface area contributed by atoms with Crippen LogP contribution in [0.15, 0.2) is 23.3 Å². The summed E-state index contributed by atoms with van der Waals surface area (Å²) in [6, 6.07) is 3.97. The van der Waals surface area contributed by atoms with Gasteiger partial charge in [0.15, 0.2) is 5.96 Å². The number of nitrogens with one attached hydrogen (secondary N) is 1. The van der Waals surface area contributed by atoms with Crippen LogP contribution < -0.4 is 11.1 Å². The van der Waals surface area contributed by atoms with Crippen molar-refractivity contribution >= 4 is 11.6 Å². The monoisotopic (exact) mass is 192 g/mol. The largest absolute Gasteiger partial charge is 0.370 e. The number of hydrogen-bond acceptors (Lipinski definition) is 2. The zero-order valence-corrected chi connectivity index (χ0v) is 8.78. The highest BCUT2D eigenvalue weighted by molar-refractivity contribution is 5.92. The first-order valence-electron chi connectivity index (χ1n) is 4.61. The molecule has 0 saturated heterocycles. The second-order valence-electron chi connectivity index (χ2n) is 3.37. The molecule has 0 saturated carbocycles. The maximum atomic E-state index is 5.69. The minimum atomic E-state index is 0.194. The highest BCUT2D eigenvalue weighted by atomic mass is 15.1. The third kappa shape index (κ3) is 3.05. The van der Waals surface area contributed by atoms with Crippen molar-refractivity contribution in [1.82, 2.24) is 4.98 Å². The average Bonchev–Trinajstić information content (AvgIpc) is 2.07. The minimum absolute atomic E-state index is 0.194. The molecule has 0 aromatic carbocycles. The fraction of sp³-hybridized carbons (Fsp3) is 0.400. The quantitative estimate of drug-likeness (QED) is 0.551. The van der Waals surface area contributed by atoms with E-state index in [1.807, 2.05) is 32.9 Å². The summed E-state index contributed by atoms with van der Waals surface area (Å²) in [7, 11) is 0. The molecule has 1 aromatic heterocycles. The van der Waals surface area contributed by atoms with Gasteiger partial charge in [-0.15, -0.1) is 0 Å². The van der Waals surface area contributed by atoms with E-state index >= 15 is 0 Å². The van der Waals surface area contributed by atoms with Crippen LogP contribution in [0, 0.1) is 6.92 Å². The van der Waals surface area contributed by atoms with E-state index in [0.29, 0.717) is 5.96 Å². The van der Waals surface area contributed by atoms with Gasteiger partial charge in [-0.3, -0.25) is 9.98 Å². The van der Waals surface area contributed by atoms with Crippen LogP contribution in [-0.4, -0.2) is 17.0 Å². The van der Waals surface area contributed by atoms with E-state index in [0.717, 1.165) is 11.4 Å². The molecular weight excluding hydrogens is 176 g/mol. The molecule has 76 valence electrons. The van der Waals surface area contributed by atoms with Gasteiger partial charge < -0.3 is 11.1 Å². The number of aromatic nitrogens is 1. The van der Waals surface area contributed by atoms with Crippen LogP contribution in [-0.2, 0) is 0 Å². The molecule has 14 heavy (non-hydrogen) atoms. The second-order valence-corrected chi connectivity index (χ2v) is 3.37. The lowest BCUT2D eigenvalue weighted by molar-refractivity contribution is 0.833. The van der Waals surface area contributed by atoms with E-state index in [-0.39, 0.29) is 6.04 Å². The van der Waals surface area contributed by atoms with Crippen molar-refractivity contribution in [2.75, 3.05) is 5.32 Å². The molecule has 1 heterocycles. The summed E-state index contributed by atoms with van der Waals surface area (Å²) < 4.78 is 0. The van der Waals surface area contributed by atoms with E-state index < -0.39 is 0 Å². The SMILES string of the molecule is Cc1ncccc1NC(N)=NC(C)C. The number of nitrogens with two attached hydrogens (primary N) is 1. The summed E-state index contributed by atoms with van der Waals surface area (Å²) >= 11 is 0. The molecule has 1 rings (SSSR count). The number of hydrogen-bond donors (Lipinski definition) is 2. The van der Waals surface area contributed by atoms with Crippen molar-refractivity contribution in [3.8, 4) is 0 Å². The molecule has 0 unspecified atom stereocenters. The van der Waals surface area contributed by atoms with Crippen molar-refractivity contribution in [1.29, 1.82) is 0 Å². The fourth-order valence-electron chi connectivity index (χ4n) is 1.06. The van der Waals surface area contributed by atoms with Gasteiger partial charge in [-0.2, -0.15) is 0 Å². The van der Waals surface area contributed by atoms with Crippen LogP contribution in [0.2, 0.25) is 0 Å². The molecule has 0 aliphatic rings. The van der Waals surface area contributed by atoms with Gasteiger partial charge in [0.05, 0.1) is 11.4 Å². The van der Waals surface area contributed by atoms with Gasteiger partial charge in [-0.05, 0) is 32.9 Å². The Labute approximate surface area is 84.3 Å². The highest BCUT2D eigenvalue weighted by Crippen LogP contribution is 2.09. The van der Waals surface area contributed by atoms with Crippen molar-refractivity contribution in [3.63, 3.8) is 0 Å². The number of pyridine rings is 1. The van der Waals surface area contributed by atoms with Crippen LogP contribution in [0.4, 0.5) is 5.69 Å². The lowest BCUT2D eigenvalue weighted by atomic mass is 10.3. The Kier molecular flexibility index (Phi) is 3.45. The molecule has 0 aliphatic heterocycles. The molecule has 0 aliphatic carbocycles. The number of anilines is 1. The van der Waals surface area contributed by atoms with E-state index in [9.17, 15) is 0 Å². The minimum Gasteiger partial charge on any atom is -0.370 e. The number of guanidine groups is 1. The van der Waals surface area contributed by atoms with Gasteiger partial charge in [-0.25, -0.2) is 0 Å². The Morgan fingerprint density at radius 3 is 2.86 bits per heavy atom. The fourth-order valence-corrected chi connectivity index (χ4v) is 1.06. The third-order valence-corrected chi connectivity index (χ3v) is 1.67. The molecule has 1 aromatic rings. The van der Waals surface area contributed by atoms with Crippen molar-refractivity contribution in [2.24, 2.45) is 10.7 Å². The average molecular weight is 192 g/mol. The van der Waals surface area contributed by atoms with Gasteiger partial charge in [0.1, 0.15) is 0 Å². The Hall–Kier alpha value is -1.58. The molecule has 0 fully saturated rings. The maximum absolute atomic E-state index is 5.69. The Morgan fingerprint density at radius 1 is 1.57 bits per heavy atom. The first-order chi connectivity index (χ1) is 6.59. The second kappa shape index (κ2) is 4.60. The smallest absolute Gasteiger partial charge is 0.193 e. The zero-order valence-electron chi connectivity index (χ0n) is 8.78. The van der Waals surface area contributed by atoms with E-state index in [1.54, 1.807) is 6.20 Å². The molecule has 0 spiro atoms. The standard InChI is InChI=1S/C10H16N4/c1-7(2)13-10(11)14-9-5-4-6-12-8(9)3/h4-7H,1-3H3,(H3,11,13,14). The summed E-state index contributed by atoms with van der Waals surface area (Å²) in [6.07, 6.45) is 1.75. The van der Waals surface area contributed by atoms with Crippen molar-refractivity contribution < 1.29 is 0 Å². The predicted molar refractivity (Wildman–Crippen MR) is 59.4 cm³/mol. The van der Waals surface area contributed by atoms with Gasteiger partial charge in [0.25, 0.3) is 0 Å². The van der Waals surface area contributed by atoms with E-state index in [1.165, 1.54) is 0 Å². The molecule has 0 atom stereocenters. The van der Waals surface area contributed by atoms with E-state index in [4.69, 9.17) is 5.73 Å². The normalized spacial score (nSPS) is 11.9. The van der Waals surface area contributed by atoms with Crippen LogP contribution in [0.25, 0.3) is 0 Å². The van der Waals surface area contributed by atoms with Crippen LogP contribution >= 0.6 is 0 Å². The molecule has 0 amide bonds. The Morgan fingerprint density at radius 2 is 2.29 bits per heavy atom. The molecule has 3 N–H and O–H groups in total. The molecule has 4 heteroatoms. The van der Waals surface area contributed by atoms with Gasteiger partial charge in [0, 0.05) is 12.2 Å². The van der Waals surface area contributed by atoms with Crippen LogP contribution in [0.1, 0.15) is 19.5 Å². The number of rotatable bonds is 2. The third-order valence-electron chi connectivity index (χ3n) is 1.67. The lowest BCUT2D eigenvalue weighted by Gasteiger charge is -2.08. The first-order valence-corrected chi connectivity index (χ1v) is 4.61. The first kappa shape index (κ1) is 10.5. The van der Waals surface area contributed by atoms with Gasteiger partial charge in [-0.1, -0.05) is 0 Å². The molecule has 0 bridgehead atoms. The van der Waals surface area contributed by atoms with Gasteiger partial charge >= 0.3 is 0 Å². The summed E-state index contributed by atoms with van der Waals surface area (Å²) in [4.78, 5) is 8.31. The van der Waals surface area contributed by atoms with Crippen molar-refractivity contribution in [3.05, 3.63) is 24.0 Å².